The van der Waals surface area contributed by atoms with Gasteiger partial charge in [0, 0.05) is 24.3 Å². The van der Waals surface area contributed by atoms with E-state index in [2.05, 4.69) is 71.3 Å². The number of ether oxygens (including phenoxy) is 1. The second kappa shape index (κ2) is 9.67. The Morgan fingerprint density at radius 3 is 2.54 bits per heavy atom. The highest BCUT2D eigenvalue weighted by Gasteiger charge is 2.23. The van der Waals surface area contributed by atoms with Crippen molar-refractivity contribution in [1.82, 2.24) is 19.9 Å². The van der Waals surface area contributed by atoms with Gasteiger partial charge in [-0.05, 0) is 56.2 Å². The number of nitrogens with one attached hydrogen (secondary N) is 2. The smallest absolute Gasteiger partial charge is 0.148 e. The van der Waals surface area contributed by atoms with Crippen LogP contribution >= 0.6 is 0 Å². The Morgan fingerprint density at radius 1 is 0.919 bits per heavy atom. The number of benzene rings is 3. The summed E-state index contributed by atoms with van der Waals surface area (Å²) in [5.41, 5.74) is 7.90. The molecule has 1 fully saturated rings. The van der Waals surface area contributed by atoms with Gasteiger partial charge < -0.3 is 19.9 Å². The van der Waals surface area contributed by atoms with E-state index in [1.165, 1.54) is 0 Å². The van der Waals surface area contributed by atoms with E-state index >= 15 is 0 Å². The normalized spacial score (nSPS) is 17.8. The number of H-pyrrole nitrogens is 1. The summed E-state index contributed by atoms with van der Waals surface area (Å²) < 4.78 is 5.88. The molecule has 3 heterocycles. The van der Waals surface area contributed by atoms with Crippen molar-refractivity contribution in [2.45, 2.75) is 33.0 Å². The first-order chi connectivity index (χ1) is 18.0. The van der Waals surface area contributed by atoms with E-state index in [1.807, 2.05) is 48.8 Å². The van der Waals surface area contributed by atoms with Crippen molar-refractivity contribution >= 4 is 28.2 Å². The third-order valence-electron chi connectivity index (χ3n) is 6.73. The maximum Gasteiger partial charge on any atom is 0.148 e. The minimum absolute atomic E-state index is 0.169. The lowest BCUT2D eigenvalue weighted by molar-refractivity contribution is -0.00546. The molecule has 2 aromatic heterocycles. The zero-order valence-corrected chi connectivity index (χ0v) is 21.3. The van der Waals surface area contributed by atoms with Gasteiger partial charge in [-0.15, -0.1) is 0 Å². The molecular formula is C30H30N6O. The van der Waals surface area contributed by atoms with Crippen LogP contribution in [0.5, 0.6) is 0 Å². The van der Waals surface area contributed by atoms with Crippen molar-refractivity contribution in [2.75, 3.05) is 23.3 Å². The summed E-state index contributed by atoms with van der Waals surface area (Å²) in [5, 5.41) is 3.56. The summed E-state index contributed by atoms with van der Waals surface area (Å²) >= 11 is 0. The standard InChI is InChI=1S/C30H30N6O/c1-19-12-13-23(14-24(19)30-32-15-27(35-30)22-8-5-4-6-9-22)33-25-10-7-11-26-29(25)31-16-28(34-26)36-17-20(2)37-21(3)18-36/h4-16,20-21,33H,17-18H2,1-3H3,(H,32,35)/t20-,21+. The molecule has 3 aromatic carbocycles. The number of aromatic amines is 1. The predicted molar refractivity (Wildman–Crippen MR) is 149 cm³/mol. The molecule has 0 radical (unpaired) electrons. The average Bonchev–Trinajstić information content (AvgIpc) is 3.40. The second-order valence-corrected chi connectivity index (χ2v) is 9.73. The van der Waals surface area contributed by atoms with Crippen LogP contribution in [0.1, 0.15) is 19.4 Å². The molecule has 2 N–H and O–H groups in total. The predicted octanol–water partition coefficient (Wildman–Crippen LogP) is 6.35. The lowest BCUT2D eigenvalue weighted by atomic mass is 10.1. The van der Waals surface area contributed by atoms with Gasteiger partial charge >= 0.3 is 0 Å². The van der Waals surface area contributed by atoms with Crippen LogP contribution in [0.15, 0.2) is 79.1 Å². The molecule has 1 saturated heterocycles. The number of imidazole rings is 1. The lowest BCUT2D eigenvalue weighted by Gasteiger charge is -2.35. The summed E-state index contributed by atoms with van der Waals surface area (Å²) in [7, 11) is 0. The molecule has 6 rings (SSSR count). The van der Waals surface area contributed by atoms with Crippen LogP contribution in [0.25, 0.3) is 33.7 Å². The van der Waals surface area contributed by atoms with E-state index in [0.29, 0.717) is 0 Å². The fraction of sp³-hybridized carbons (Fsp3) is 0.233. The molecule has 0 spiro atoms. The average molecular weight is 491 g/mol. The van der Waals surface area contributed by atoms with Gasteiger partial charge in [0.1, 0.15) is 17.2 Å². The summed E-state index contributed by atoms with van der Waals surface area (Å²) in [6.07, 6.45) is 4.09. The van der Waals surface area contributed by atoms with Gasteiger partial charge in [0.05, 0.1) is 41.5 Å². The largest absolute Gasteiger partial charge is 0.372 e. The zero-order valence-electron chi connectivity index (χ0n) is 21.3. The van der Waals surface area contributed by atoms with E-state index in [1.54, 1.807) is 0 Å². The number of para-hydroxylation sites is 1. The quantitative estimate of drug-likeness (QED) is 0.299. The highest BCUT2D eigenvalue weighted by Crippen LogP contribution is 2.31. The van der Waals surface area contributed by atoms with Crippen LogP contribution in [0, 0.1) is 6.92 Å². The van der Waals surface area contributed by atoms with Crippen molar-refractivity contribution in [3.05, 3.63) is 84.7 Å². The molecule has 37 heavy (non-hydrogen) atoms. The molecule has 2 atom stereocenters. The number of nitrogens with zero attached hydrogens (tertiary/aromatic N) is 4. The van der Waals surface area contributed by atoms with Gasteiger partial charge in [-0.3, -0.25) is 0 Å². The number of aromatic nitrogens is 4. The van der Waals surface area contributed by atoms with Crippen molar-refractivity contribution in [2.24, 2.45) is 0 Å². The van der Waals surface area contributed by atoms with Gasteiger partial charge in [0.2, 0.25) is 0 Å². The Hall–Kier alpha value is -4.23. The molecule has 1 aliphatic rings. The lowest BCUT2D eigenvalue weighted by Crippen LogP contribution is -2.45. The Labute approximate surface area is 216 Å². The Kier molecular flexibility index (Phi) is 6.06. The zero-order chi connectivity index (χ0) is 25.4. The molecule has 0 bridgehead atoms. The SMILES string of the molecule is Cc1ccc(Nc2cccc3nc(N4C[C@@H](C)O[C@@H](C)C4)cnc23)cc1-c1ncc(-c2ccccc2)[nH]1. The summed E-state index contributed by atoms with van der Waals surface area (Å²) in [5.74, 6) is 1.73. The van der Waals surface area contributed by atoms with Crippen LogP contribution in [-0.4, -0.2) is 45.2 Å². The summed E-state index contributed by atoms with van der Waals surface area (Å²) in [6, 6.07) is 22.6. The maximum absolute atomic E-state index is 5.88. The Morgan fingerprint density at radius 2 is 1.73 bits per heavy atom. The molecule has 0 saturated carbocycles. The first-order valence-corrected chi connectivity index (χ1v) is 12.7. The monoisotopic (exact) mass is 490 g/mol. The molecule has 0 amide bonds. The van der Waals surface area contributed by atoms with Gasteiger partial charge in [0.25, 0.3) is 0 Å². The third-order valence-corrected chi connectivity index (χ3v) is 6.73. The highest BCUT2D eigenvalue weighted by atomic mass is 16.5. The number of rotatable bonds is 5. The molecule has 0 unspecified atom stereocenters. The van der Waals surface area contributed by atoms with Gasteiger partial charge in [-0.25, -0.2) is 15.0 Å². The minimum atomic E-state index is 0.169. The fourth-order valence-electron chi connectivity index (χ4n) is 4.98. The number of hydrogen-bond donors (Lipinski definition) is 2. The maximum atomic E-state index is 5.88. The number of anilines is 3. The first kappa shape index (κ1) is 23.2. The van der Waals surface area contributed by atoms with Crippen molar-refractivity contribution < 1.29 is 4.74 Å². The summed E-state index contributed by atoms with van der Waals surface area (Å²) in [4.78, 5) is 20.1. The molecule has 7 nitrogen and oxygen atoms in total. The van der Waals surface area contributed by atoms with Crippen molar-refractivity contribution in [3.8, 4) is 22.6 Å². The number of morpholine rings is 1. The van der Waals surface area contributed by atoms with Crippen LogP contribution in [0.3, 0.4) is 0 Å². The molecule has 7 heteroatoms. The third kappa shape index (κ3) is 4.78. The van der Waals surface area contributed by atoms with Crippen LogP contribution in [0.2, 0.25) is 0 Å². The van der Waals surface area contributed by atoms with E-state index in [9.17, 15) is 0 Å². The molecule has 1 aliphatic heterocycles. The van der Waals surface area contributed by atoms with E-state index < -0.39 is 0 Å². The molecule has 186 valence electrons. The Bertz CT molecular complexity index is 1540. The van der Waals surface area contributed by atoms with Crippen LogP contribution in [0.4, 0.5) is 17.2 Å². The van der Waals surface area contributed by atoms with Gasteiger partial charge in [0.15, 0.2) is 0 Å². The van der Waals surface area contributed by atoms with Crippen molar-refractivity contribution in [3.63, 3.8) is 0 Å². The van der Waals surface area contributed by atoms with E-state index in [-0.39, 0.29) is 12.2 Å². The number of fused-ring (bicyclic) bond motifs is 1. The Balaban J connectivity index is 1.28. The first-order valence-electron chi connectivity index (χ1n) is 12.7. The number of aryl methyl sites for hydroxylation is 1. The fourth-order valence-corrected chi connectivity index (χ4v) is 4.98. The number of hydrogen-bond acceptors (Lipinski definition) is 6. The summed E-state index contributed by atoms with van der Waals surface area (Å²) in [6.45, 7) is 7.92. The van der Waals surface area contributed by atoms with Crippen LogP contribution < -0.4 is 10.2 Å². The second-order valence-electron chi connectivity index (χ2n) is 9.73. The molecule has 0 aliphatic carbocycles. The molecular weight excluding hydrogens is 460 g/mol. The van der Waals surface area contributed by atoms with Gasteiger partial charge in [-0.1, -0.05) is 42.5 Å². The van der Waals surface area contributed by atoms with Gasteiger partial charge in [-0.2, -0.15) is 0 Å². The van der Waals surface area contributed by atoms with Crippen LogP contribution in [-0.2, 0) is 4.74 Å². The molecule has 5 aromatic rings. The van der Waals surface area contributed by atoms with E-state index in [0.717, 1.165) is 69.5 Å². The van der Waals surface area contributed by atoms with E-state index in [4.69, 9.17) is 14.7 Å². The topological polar surface area (TPSA) is 79.0 Å². The minimum Gasteiger partial charge on any atom is -0.372 e. The highest BCUT2D eigenvalue weighted by molar-refractivity contribution is 5.90. The van der Waals surface area contributed by atoms with Crippen molar-refractivity contribution in [1.29, 1.82) is 0 Å².